The Morgan fingerprint density at radius 2 is 1.79 bits per heavy atom. The van der Waals surface area contributed by atoms with Gasteiger partial charge in [0.05, 0.1) is 17.8 Å². The van der Waals surface area contributed by atoms with Crippen LogP contribution in [-0.2, 0) is 11.2 Å². The van der Waals surface area contributed by atoms with Crippen molar-refractivity contribution < 1.29 is 4.79 Å². The van der Waals surface area contributed by atoms with Crippen LogP contribution in [0.2, 0.25) is 0 Å². The number of rotatable bonds is 8. The summed E-state index contributed by atoms with van der Waals surface area (Å²) in [6.07, 6.45) is 4.80. The predicted octanol–water partition coefficient (Wildman–Crippen LogP) is 5.76. The minimum Gasteiger partial charge on any atom is -0.352 e. The molecule has 4 heterocycles. The lowest BCUT2D eigenvalue weighted by atomic mass is 9.96. The molecule has 200 valence electrons. The number of nitrogens with zero attached hydrogens (tertiary/aromatic N) is 4. The molecule has 3 aromatic heterocycles. The Labute approximate surface area is 235 Å². The Hall–Kier alpha value is -4.04. The summed E-state index contributed by atoms with van der Waals surface area (Å²) in [7, 11) is 0. The molecular weight excluding hydrogens is 504 g/mol. The number of amides is 1. The van der Waals surface area contributed by atoms with Crippen molar-refractivity contribution in [3.8, 4) is 5.82 Å². The van der Waals surface area contributed by atoms with Crippen molar-refractivity contribution in [2.45, 2.75) is 52.6 Å². The average molecular weight is 539 g/mol. The highest BCUT2D eigenvalue weighted by Crippen LogP contribution is 2.41. The van der Waals surface area contributed by atoms with Gasteiger partial charge in [-0.15, -0.1) is 0 Å². The van der Waals surface area contributed by atoms with Gasteiger partial charge in [-0.25, -0.2) is 4.98 Å². The fourth-order valence-electron chi connectivity index (χ4n) is 5.49. The smallest absolute Gasteiger partial charge is 0.226 e. The minimum absolute atomic E-state index is 0.0340. The molecule has 39 heavy (non-hydrogen) atoms. The third-order valence-electron chi connectivity index (χ3n) is 7.43. The van der Waals surface area contributed by atoms with Crippen molar-refractivity contribution in [2.75, 3.05) is 11.9 Å². The van der Waals surface area contributed by atoms with Gasteiger partial charge in [0.15, 0.2) is 5.11 Å². The lowest BCUT2D eigenvalue weighted by Crippen LogP contribution is -2.33. The first-order chi connectivity index (χ1) is 18.9. The largest absolute Gasteiger partial charge is 0.352 e. The average Bonchev–Trinajstić information content (AvgIpc) is 3.42. The van der Waals surface area contributed by atoms with Gasteiger partial charge in [-0.3, -0.25) is 9.78 Å². The summed E-state index contributed by atoms with van der Waals surface area (Å²) in [4.78, 5) is 24.5. The summed E-state index contributed by atoms with van der Waals surface area (Å²) in [5.41, 5.74) is 7.32. The van der Waals surface area contributed by atoms with Crippen LogP contribution in [0.5, 0.6) is 0 Å². The van der Waals surface area contributed by atoms with Crippen LogP contribution < -0.4 is 10.6 Å². The number of nitrogens with one attached hydrogen (secondary N) is 2. The summed E-state index contributed by atoms with van der Waals surface area (Å²) >= 11 is 5.85. The molecule has 0 aliphatic carbocycles. The molecule has 1 aromatic carbocycles. The molecule has 1 saturated heterocycles. The van der Waals surface area contributed by atoms with Gasteiger partial charge in [-0.05, 0) is 86.4 Å². The van der Waals surface area contributed by atoms with Gasteiger partial charge >= 0.3 is 0 Å². The highest BCUT2D eigenvalue weighted by molar-refractivity contribution is 7.80. The number of aromatic nitrogens is 3. The lowest BCUT2D eigenvalue weighted by molar-refractivity contribution is -0.116. The number of carbonyl (C=O) groups is 1. The molecule has 5 rings (SSSR count). The van der Waals surface area contributed by atoms with E-state index in [0.29, 0.717) is 18.1 Å². The minimum atomic E-state index is -0.152. The Morgan fingerprint density at radius 1 is 1.03 bits per heavy atom. The summed E-state index contributed by atoms with van der Waals surface area (Å²) in [6, 6.07) is 19.8. The number of hydrogen-bond acceptors (Lipinski definition) is 4. The first-order valence-corrected chi connectivity index (χ1v) is 13.8. The topological polar surface area (TPSA) is 75.1 Å². The van der Waals surface area contributed by atoms with Crippen LogP contribution in [0.3, 0.4) is 0 Å². The fraction of sp³-hybridized carbons (Fsp3) is 0.290. The third kappa shape index (κ3) is 5.29. The van der Waals surface area contributed by atoms with Crippen LogP contribution in [0.15, 0.2) is 73.1 Å². The van der Waals surface area contributed by atoms with Gasteiger partial charge in [0.1, 0.15) is 5.82 Å². The van der Waals surface area contributed by atoms with Crippen LogP contribution in [0.1, 0.15) is 59.2 Å². The van der Waals surface area contributed by atoms with Gasteiger partial charge in [-0.1, -0.05) is 37.3 Å². The van der Waals surface area contributed by atoms with Gasteiger partial charge in [0.2, 0.25) is 5.91 Å². The second-order valence-corrected chi connectivity index (χ2v) is 10.3. The van der Waals surface area contributed by atoms with Gasteiger partial charge in [0, 0.05) is 42.4 Å². The summed E-state index contributed by atoms with van der Waals surface area (Å²) in [6.45, 7) is 8.87. The maximum Gasteiger partial charge on any atom is 0.226 e. The van der Waals surface area contributed by atoms with E-state index >= 15 is 0 Å². The van der Waals surface area contributed by atoms with Gasteiger partial charge in [0.25, 0.3) is 0 Å². The van der Waals surface area contributed by atoms with E-state index in [-0.39, 0.29) is 18.0 Å². The first kappa shape index (κ1) is 26.6. The summed E-state index contributed by atoms with van der Waals surface area (Å²) in [5, 5.41) is 7.22. The predicted molar refractivity (Wildman–Crippen MR) is 159 cm³/mol. The molecule has 2 atom stereocenters. The molecule has 1 amide bonds. The van der Waals surface area contributed by atoms with Crippen molar-refractivity contribution >= 4 is 28.9 Å². The van der Waals surface area contributed by atoms with Gasteiger partial charge < -0.3 is 20.1 Å². The normalized spacial score (nSPS) is 16.8. The molecule has 0 radical (unpaired) electrons. The zero-order valence-electron chi connectivity index (χ0n) is 22.8. The fourth-order valence-corrected chi connectivity index (χ4v) is 5.83. The Kier molecular flexibility index (Phi) is 7.74. The second-order valence-electron chi connectivity index (χ2n) is 9.93. The van der Waals surface area contributed by atoms with E-state index in [1.165, 1.54) is 0 Å². The third-order valence-corrected chi connectivity index (χ3v) is 7.78. The standard InChI is InChI=1S/C31H34N6OS/c1-5-23-12-6-7-13-25(23)34-27(38)15-18-36-29(28(35-31(36)39)26-14-8-9-16-32-26)24-19-21(3)37(22(24)4)30-20(2)11-10-17-33-30/h6-14,16-17,19,28-29H,5,15,18H2,1-4H3,(H,34,38)(H,35,39)/t28-,29-/m1/s1. The van der Waals surface area contributed by atoms with E-state index in [9.17, 15) is 4.79 Å². The number of anilines is 1. The van der Waals surface area contributed by atoms with Crippen molar-refractivity contribution in [1.29, 1.82) is 0 Å². The number of thiocarbonyl (C=S) groups is 1. The molecule has 1 aliphatic rings. The molecular formula is C31H34N6OS. The zero-order chi connectivity index (χ0) is 27.5. The van der Waals surface area contributed by atoms with Crippen molar-refractivity contribution in [1.82, 2.24) is 24.8 Å². The van der Waals surface area contributed by atoms with E-state index in [0.717, 1.165) is 51.7 Å². The Morgan fingerprint density at radius 3 is 2.54 bits per heavy atom. The van der Waals surface area contributed by atoms with Crippen molar-refractivity contribution in [3.05, 3.63) is 107 Å². The van der Waals surface area contributed by atoms with Crippen LogP contribution in [0.25, 0.3) is 5.82 Å². The highest BCUT2D eigenvalue weighted by atomic mass is 32.1. The quantitative estimate of drug-likeness (QED) is 0.278. The van der Waals surface area contributed by atoms with Crippen LogP contribution in [0, 0.1) is 20.8 Å². The lowest BCUT2D eigenvalue weighted by Gasteiger charge is -2.28. The maximum atomic E-state index is 13.1. The molecule has 8 heteroatoms. The van der Waals surface area contributed by atoms with E-state index in [1.807, 2.05) is 54.7 Å². The molecule has 0 unspecified atom stereocenters. The second kappa shape index (κ2) is 11.4. The molecule has 0 saturated carbocycles. The molecule has 1 aliphatic heterocycles. The highest BCUT2D eigenvalue weighted by Gasteiger charge is 2.41. The molecule has 0 spiro atoms. The number of benzene rings is 1. The number of para-hydroxylation sites is 1. The molecule has 2 N–H and O–H groups in total. The maximum absolute atomic E-state index is 13.1. The van der Waals surface area contributed by atoms with Crippen molar-refractivity contribution in [3.63, 3.8) is 0 Å². The van der Waals surface area contributed by atoms with E-state index in [1.54, 1.807) is 6.20 Å². The first-order valence-electron chi connectivity index (χ1n) is 13.4. The molecule has 7 nitrogen and oxygen atoms in total. The van der Waals surface area contributed by atoms with Crippen molar-refractivity contribution in [2.24, 2.45) is 0 Å². The molecule has 1 fully saturated rings. The van der Waals surface area contributed by atoms with Crippen LogP contribution >= 0.6 is 12.2 Å². The van der Waals surface area contributed by atoms with E-state index in [2.05, 4.69) is 69.9 Å². The number of carbonyl (C=O) groups excluding carboxylic acids is 1. The van der Waals surface area contributed by atoms with E-state index < -0.39 is 0 Å². The van der Waals surface area contributed by atoms with Crippen LogP contribution in [0.4, 0.5) is 5.69 Å². The molecule has 4 aromatic rings. The zero-order valence-corrected chi connectivity index (χ0v) is 23.6. The Balaban J connectivity index is 1.47. The monoisotopic (exact) mass is 538 g/mol. The Bertz CT molecular complexity index is 1500. The SMILES string of the molecule is CCc1ccccc1NC(=O)CCN1C(=S)N[C@H](c2ccccn2)[C@H]1c1cc(C)n(-c2ncccc2C)c1C. The van der Waals surface area contributed by atoms with Gasteiger partial charge in [-0.2, -0.15) is 0 Å². The number of hydrogen-bond donors (Lipinski definition) is 2. The van der Waals surface area contributed by atoms with E-state index in [4.69, 9.17) is 12.2 Å². The summed E-state index contributed by atoms with van der Waals surface area (Å²) < 4.78 is 2.20. The van der Waals surface area contributed by atoms with Crippen LogP contribution in [-0.4, -0.2) is 37.0 Å². The summed E-state index contributed by atoms with van der Waals surface area (Å²) in [5.74, 6) is 0.885. The number of aryl methyl sites for hydroxylation is 3. The molecule has 0 bridgehead atoms. The number of pyridine rings is 2.